The third kappa shape index (κ3) is 1.35. The highest BCUT2D eigenvalue weighted by Crippen LogP contribution is 2.38. The smallest absolute Gasteiger partial charge is 0.123 e. The molecule has 1 aromatic carbocycles. The molecule has 3 rings (SSSR count). The van der Waals surface area contributed by atoms with Gasteiger partial charge in [0.05, 0.1) is 17.6 Å². The van der Waals surface area contributed by atoms with Crippen LogP contribution in [-0.2, 0) is 6.54 Å². The molecule has 1 saturated carbocycles. The molecule has 0 amide bonds. The molecule has 0 saturated heterocycles. The molecular formula is C12H15N3. The summed E-state index contributed by atoms with van der Waals surface area (Å²) in [7, 11) is 0. The van der Waals surface area contributed by atoms with Gasteiger partial charge in [0, 0.05) is 6.04 Å². The van der Waals surface area contributed by atoms with Crippen molar-refractivity contribution in [1.82, 2.24) is 9.55 Å². The van der Waals surface area contributed by atoms with E-state index in [0.29, 0.717) is 12.6 Å². The highest BCUT2D eigenvalue weighted by Gasteiger charge is 2.27. The SMILES string of the molecule is Cc1ccc2nc(CN)n(C3CC3)c2c1. The lowest BCUT2D eigenvalue weighted by Crippen LogP contribution is -2.06. The van der Waals surface area contributed by atoms with Crippen LogP contribution in [0.15, 0.2) is 18.2 Å². The zero-order valence-corrected chi connectivity index (χ0v) is 8.90. The van der Waals surface area contributed by atoms with Crippen LogP contribution < -0.4 is 5.73 Å². The first kappa shape index (κ1) is 8.92. The van der Waals surface area contributed by atoms with Crippen LogP contribution in [0.4, 0.5) is 0 Å². The maximum atomic E-state index is 5.73. The van der Waals surface area contributed by atoms with Crippen LogP contribution in [0.3, 0.4) is 0 Å². The fourth-order valence-corrected chi connectivity index (χ4v) is 2.14. The first-order chi connectivity index (χ1) is 7.29. The predicted molar refractivity (Wildman–Crippen MR) is 60.6 cm³/mol. The zero-order valence-electron chi connectivity index (χ0n) is 8.90. The monoisotopic (exact) mass is 201 g/mol. The van der Waals surface area contributed by atoms with Gasteiger partial charge in [0.1, 0.15) is 5.82 Å². The van der Waals surface area contributed by atoms with E-state index >= 15 is 0 Å². The van der Waals surface area contributed by atoms with Crippen molar-refractivity contribution >= 4 is 11.0 Å². The van der Waals surface area contributed by atoms with Gasteiger partial charge in [-0.05, 0) is 37.5 Å². The molecule has 15 heavy (non-hydrogen) atoms. The van der Waals surface area contributed by atoms with Crippen molar-refractivity contribution in [2.45, 2.75) is 32.4 Å². The van der Waals surface area contributed by atoms with E-state index in [9.17, 15) is 0 Å². The average Bonchev–Trinajstić information content (AvgIpc) is 2.99. The second-order valence-corrected chi connectivity index (χ2v) is 4.33. The quantitative estimate of drug-likeness (QED) is 0.809. The van der Waals surface area contributed by atoms with Gasteiger partial charge in [0.25, 0.3) is 0 Å². The van der Waals surface area contributed by atoms with Gasteiger partial charge < -0.3 is 10.3 Å². The summed E-state index contributed by atoms with van der Waals surface area (Å²) < 4.78 is 2.32. The van der Waals surface area contributed by atoms with Gasteiger partial charge in [-0.3, -0.25) is 0 Å². The molecule has 0 spiro atoms. The molecule has 0 unspecified atom stereocenters. The van der Waals surface area contributed by atoms with E-state index in [-0.39, 0.29) is 0 Å². The molecule has 2 N–H and O–H groups in total. The van der Waals surface area contributed by atoms with Gasteiger partial charge in [0.15, 0.2) is 0 Å². The standard InChI is InChI=1S/C12H15N3/c1-8-2-5-10-11(6-8)15(9-3-4-9)12(7-13)14-10/h2,5-6,9H,3-4,7,13H2,1H3. The molecule has 0 radical (unpaired) electrons. The fourth-order valence-electron chi connectivity index (χ4n) is 2.14. The maximum Gasteiger partial charge on any atom is 0.123 e. The summed E-state index contributed by atoms with van der Waals surface area (Å²) in [5.74, 6) is 1.03. The largest absolute Gasteiger partial charge is 0.324 e. The highest BCUT2D eigenvalue weighted by atomic mass is 15.1. The van der Waals surface area contributed by atoms with E-state index in [2.05, 4.69) is 34.7 Å². The molecule has 78 valence electrons. The van der Waals surface area contributed by atoms with Gasteiger partial charge >= 0.3 is 0 Å². The summed E-state index contributed by atoms with van der Waals surface area (Å²) >= 11 is 0. The van der Waals surface area contributed by atoms with Crippen LogP contribution in [0.1, 0.15) is 30.3 Å². The molecule has 2 aromatic rings. The average molecular weight is 201 g/mol. The number of hydrogen-bond acceptors (Lipinski definition) is 2. The van der Waals surface area contributed by atoms with Gasteiger partial charge in [-0.2, -0.15) is 0 Å². The summed E-state index contributed by atoms with van der Waals surface area (Å²) in [6, 6.07) is 7.05. The Bertz CT molecular complexity index is 509. The Balaban J connectivity index is 2.30. The minimum absolute atomic E-state index is 0.532. The number of imidazole rings is 1. The molecule has 1 aliphatic carbocycles. The number of benzene rings is 1. The van der Waals surface area contributed by atoms with Crippen molar-refractivity contribution in [3.63, 3.8) is 0 Å². The Hall–Kier alpha value is -1.35. The number of hydrogen-bond donors (Lipinski definition) is 1. The molecular weight excluding hydrogens is 186 g/mol. The molecule has 0 bridgehead atoms. The second-order valence-electron chi connectivity index (χ2n) is 4.33. The van der Waals surface area contributed by atoms with E-state index in [4.69, 9.17) is 5.73 Å². The first-order valence-electron chi connectivity index (χ1n) is 5.47. The van der Waals surface area contributed by atoms with Crippen LogP contribution >= 0.6 is 0 Å². The third-order valence-corrected chi connectivity index (χ3v) is 3.01. The van der Waals surface area contributed by atoms with Gasteiger partial charge in [0.2, 0.25) is 0 Å². The fraction of sp³-hybridized carbons (Fsp3) is 0.417. The van der Waals surface area contributed by atoms with E-state index < -0.39 is 0 Å². The molecule has 3 heteroatoms. The van der Waals surface area contributed by atoms with Crippen LogP contribution in [0.2, 0.25) is 0 Å². The lowest BCUT2D eigenvalue weighted by molar-refractivity contribution is 0.701. The van der Waals surface area contributed by atoms with E-state index in [1.165, 1.54) is 23.9 Å². The summed E-state index contributed by atoms with van der Waals surface area (Å²) in [5, 5.41) is 0. The molecule has 3 nitrogen and oxygen atoms in total. The Labute approximate surface area is 88.9 Å². The van der Waals surface area contributed by atoms with Gasteiger partial charge in [-0.1, -0.05) is 6.07 Å². The molecule has 1 aliphatic rings. The minimum atomic E-state index is 0.532. The van der Waals surface area contributed by atoms with Crippen LogP contribution in [0.5, 0.6) is 0 Å². The summed E-state index contributed by atoms with van der Waals surface area (Å²) in [4.78, 5) is 4.57. The topological polar surface area (TPSA) is 43.8 Å². The lowest BCUT2D eigenvalue weighted by Gasteiger charge is -2.05. The molecule has 0 atom stereocenters. The van der Waals surface area contributed by atoms with E-state index in [1.807, 2.05) is 0 Å². The Morgan fingerprint density at radius 3 is 2.93 bits per heavy atom. The Morgan fingerprint density at radius 1 is 1.47 bits per heavy atom. The number of fused-ring (bicyclic) bond motifs is 1. The second kappa shape index (κ2) is 3.07. The Morgan fingerprint density at radius 2 is 2.27 bits per heavy atom. The number of aromatic nitrogens is 2. The first-order valence-corrected chi connectivity index (χ1v) is 5.47. The maximum absolute atomic E-state index is 5.73. The molecule has 1 heterocycles. The molecule has 0 aliphatic heterocycles. The molecule has 1 fully saturated rings. The third-order valence-electron chi connectivity index (χ3n) is 3.01. The zero-order chi connectivity index (χ0) is 10.4. The normalized spacial score (nSPS) is 16.1. The highest BCUT2D eigenvalue weighted by molar-refractivity contribution is 5.77. The van der Waals surface area contributed by atoms with Crippen molar-refractivity contribution < 1.29 is 0 Å². The van der Waals surface area contributed by atoms with E-state index in [1.54, 1.807) is 0 Å². The van der Waals surface area contributed by atoms with Crippen molar-refractivity contribution in [2.75, 3.05) is 0 Å². The van der Waals surface area contributed by atoms with E-state index in [0.717, 1.165) is 11.3 Å². The predicted octanol–water partition coefficient (Wildman–Crippen LogP) is 2.14. The lowest BCUT2D eigenvalue weighted by atomic mass is 10.2. The number of nitrogens with zero attached hydrogens (tertiary/aromatic N) is 2. The van der Waals surface area contributed by atoms with Crippen LogP contribution in [0, 0.1) is 6.92 Å². The summed E-state index contributed by atoms with van der Waals surface area (Å²) in [5.41, 5.74) is 9.34. The van der Waals surface area contributed by atoms with Gasteiger partial charge in [-0.15, -0.1) is 0 Å². The summed E-state index contributed by atoms with van der Waals surface area (Å²) in [6.45, 7) is 2.65. The number of nitrogens with two attached hydrogens (primary N) is 1. The number of rotatable bonds is 2. The van der Waals surface area contributed by atoms with Crippen molar-refractivity contribution in [3.05, 3.63) is 29.6 Å². The van der Waals surface area contributed by atoms with Crippen LogP contribution in [0.25, 0.3) is 11.0 Å². The minimum Gasteiger partial charge on any atom is -0.324 e. The van der Waals surface area contributed by atoms with Crippen molar-refractivity contribution in [2.24, 2.45) is 5.73 Å². The Kier molecular flexibility index (Phi) is 1.83. The summed E-state index contributed by atoms with van der Waals surface area (Å²) in [6.07, 6.45) is 2.54. The van der Waals surface area contributed by atoms with Crippen molar-refractivity contribution in [1.29, 1.82) is 0 Å². The van der Waals surface area contributed by atoms with Gasteiger partial charge in [-0.25, -0.2) is 4.98 Å². The van der Waals surface area contributed by atoms with Crippen LogP contribution in [-0.4, -0.2) is 9.55 Å². The molecule has 1 aromatic heterocycles. The number of aryl methyl sites for hydroxylation is 1. The van der Waals surface area contributed by atoms with Crippen molar-refractivity contribution in [3.8, 4) is 0 Å².